The van der Waals surface area contributed by atoms with E-state index in [0.29, 0.717) is 16.9 Å². The minimum absolute atomic E-state index is 0.0252. The Morgan fingerprint density at radius 1 is 0.667 bits per heavy atom. The summed E-state index contributed by atoms with van der Waals surface area (Å²) in [7, 11) is 0. The molecule has 0 saturated heterocycles. The van der Waals surface area contributed by atoms with Gasteiger partial charge in [0.25, 0.3) is 0 Å². The molecule has 0 aliphatic carbocycles. The van der Waals surface area contributed by atoms with Crippen molar-refractivity contribution in [3.05, 3.63) is 83.9 Å². The van der Waals surface area contributed by atoms with E-state index in [9.17, 15) is 4.79 Å². The largest absolute Gasteiger partial charge is 0.396 e. The second-order valence-corrected chi connectivity index (χ2v) is 6.87. The third-order valence-corrected chi connectivity index (χ3v) is 4.50. The third kappa shape index (κ3) is 6.53. The van der Waals surface area contributed by atoms with E-state index in [2.05, 4.69) is 20.5 Å². The van der Waals surface area contributed by atoms with Crippen LogP contribution in [0.15, 0.2) is 93.3 Å². The number of hydrogen-bond donors (Lipinski definition) is 1. The minimum atomic E-state index is 0.0252. The highest BCUT2D eigenvalue weighted by atomic mass is 16.2. The van der Waals surface area contributed by atoms with Crippen molar-refractivity contribution in [1.82, 2.24) is 0 Å². The van der Waals surface area contributed by atoms with Gasteiger partial charge in [-0.05, 0) is 92.4 Å². The number of Topliss-reactive ketones (excluding diaryl/α,β-unsaturated/α-hetero) is 1. The molecule has 0 radical (unpaired) electrons. The van der Waals surface area contributed by atoms with Crippen LogP contribution in [0.2, 0.25) is 0 Å². The number of carbonyl (C=O) groups excluding carboxylic acids is 1. The molecule has 0 aromatic heterocycles. The fraction of sp³-hybridized carbons (Fsp3) is 0.208. The SMILES string of the molecule is CC(=O)c1ccc(N=Nc2ccc(N=Nc3ccc(CCCCO)cc3)cc2)cc1. The average molecular weight is 400 g/mol. The van der Waals surface area contributed by atoms with Gasteiger partial charge in [-0.1, -0.05) is 12.1 Å². The first kappa shape index (κ1) is 21.2. The number of ketones is 1. The zero-order chi connectivity index (χ0) is 21.2. The van der Waals surface area contributed by atoms with Crippen LogP contribution >= 0.6 is 0 Å². The van der Waals surface area contributed by atoms with E-state index in [1.54, 1.807) is 24.3 Å². The first-order valence-electron chi connectivity index (χ1n) is 9.88. The molecule has 0 unspecified atom stereocenters. The van der Waals surface area contributed by atoms with Crippen molar-refractivity contribution in [1.29, 1.82) is 0 Å². The van der Waals surface area contributed by atoms with Crippen LogP contribution in [0.25, 0.3) is 0 Å². The lowest BCUT2D eigenvalue weighted by Crippen LogP contribution is -1.89. The molecule has 3 rings (SSSR count). The van der Waals surface area contributed by atoms with E-state index in [1.807, 2.05) is 48.5 Å². The van der Waals surface area contributed by atoms with E-state index in [4.69, 9.17) is 5.11 Å². The molecule has 0 spiro atoms. The van der Waals surface area contributed by atoms with E-state index in [0.717, 1.165) is 30.6 Å². The Morgan fingerprint density at radius 2 is 1.07 bits per heavy atom. The molecule has 152 valence electrons. The second-order valence-electron chi connectivity index (χ2n) is 6.87. The Balaban J connectivity index is 1.56. The van der Waals surface area contributed by atoms with Crippen LogP contribution in [0.5, 0.6) is 0 Å². The molecule has 0 amide bonds. The number of aliphatic hydroxyl groups excluding tert-OH is 1. The lowest BCUT2D eigenvalue weighted by Gasteiger charge is -2.00. The number of rotatable bonds is 9. The van der Waals surface area contributed by atoms with E-state index >= 15 is 0 Å². The summed E-state index contributed by atoms with van der Waals surface area (Å²) >= 11 is 0. The van der Waals surface area contributed by atoms with Crippen LogP contribution in [0.1, 0.15) is 35.7 Å². The van der Waals surface area contributed by atoms with E-state index < -0.39 is 0 Å². The Kier molecular flexibility index (Phi) is 7.69. The van der Waals surface area contributed by atoms with Crippen molar-refractivity contribution >= 4 is 28.5 Å². The van der Waals surface area contributed by atoms with E-state index in [1.165, 1.54) is 12.5 Å². The zero-order valence-corrected chi connectivity index (χ0v) is 16.9. The normalized spacial score (nSPS) is 11.4. The Hall–Kier alpha value is -3.51. The molecule has 0 bridgehead atoms. The molecule has 3 aromatic rings. The molecule has 6 heteroatoms. The molecule has 0 fully saturated rings. The molecule has 0 aliphatic rings. The van der Waals surface area contributed by atoms with Crippen LogP contribution in [0.3, 0.4) is 0 Å². The number of aryl methyl sites for hydroxylation is 1. The number of azo groups is 2. The first-order chi connectivity index (χ1) is 14.6. The van der Waals surface area contributed by atoms with Gasteiger partial charge in [0, 0.05) is 12.2 Å². The Labute approximate surface area is 176 Å². The van der Waals surface area contributed by atoms with Crippen LogP contribution in [-0.2, 0) is 6.42 Å². The highest BCUT2D eigenvalue weighted by molar-refractivity contribution is 5.94. The summed E-state index contributed by atoms with van der Waals surface area (Å²) in [5.41, 5.74) is 4.79. The summed E-state index contributed by atoms with van der Waals surface area (Å²) in [5.74, 6) is 0.0252. The van der Waals surface area contributed by atoms with Crippen molar-refractivity contribution in [3.8, 4) is 0 Å². The van der Waals surface area contributed by atoms with Gasteiger partial charge in [0.05, 0.1) is 22.7 Å². The lowest BCUT2D eigenvalue weighted by molar-refractivity contribution is 0.101. The quantitative estimate of drug-likeness (QED) is 0.237. The van der Waals surface area contributed by atoms with Gasteiger partial charge in [-0.15, -0.1) is 0 Å². The van der Waals surface area contributed by atoms with Gasteiger partial charge in [0.2, 0.25) is 0 Å². The van der Waals surface area contributed by atoms with Gasteiger partial charge in [-0.3, -0.25) is 4.79 Å². The van der Waals surface area contributed by atoms with Gasteiger partial charge >= 0.3 is 0 Å². The van der Waals surface area contributed by atoms with Crippen molar-refractivity contribution in [2.45, 2.75) is 26.2 Å². The molecular weight excluding hydrogens is 376 g/mol. The summed E-state index contributed by atoms with van der Waals surface area (Å²) in [6, 6.07) is 22.3. The highest BCUT2D eigenvalue weighted by Gasteiger charge is 1.99. The molecule has 0 heterocycles. The maximum absolute atomic E-state index is 11.3. The first-order valence-corrected chi connectivity index (χ1v) is 9.88. The van der Waals surface area contributed by atoms with Gasteiger partial charge in [-0.2, -0.15) is 20.5 Å². The number of hydrogen-bond acceptors (Lipinski definition) is 6. The Morgan fingerprint density at radius 3 is 1.47 bits per heavy atom. The van der Waals surface area contributed by atoms with Gasteiger partial charge < -0.3 is 5.11 Å². The molecule has 0 atom stereocenters. The number of aliphatic hydroxyl groups is 1. The number of unbranched alkanes of at least 4 members (excludes halogenated alkanes) is 1. The van der Waals surface area contributed by atoms with E-state index in [-0.39, 0.29) is 12.4 Å². The minimum Gasteiger partial charge on any atom is -0.396 e. The summed E-state index contributed by atoms with van der Waals surface area (Å²) in [6.45, 7) is 1.77. The fourth-order valence-corrected chi connectivity index (χ4v) is 2.75. The van der Waals surface area contributed by atoms with Crippen LogP contribution < -0.4 is 0 Å². The highest BCUT2D eigenvalue weighted by Crippen LogP contribution is 2.24. The molecular formula is C24H24N4O2. The fourth-order valence-electron chi connectivity index (χ4n) is 2.75. The zero-order valence-electron chi connectivity index (χ0n) is 16.9. The molecule has 30 heavy (non-hydrogen) atoms. The molecule has 1 N–H and O–H groups in total. The maximum atomic E-state index is 11.3. The van der Waals surface area contributed by atoms with Gasteiger partial charge in [0.15, 0.2) is 5.78 Å². The molecule has 3 aromatic carbocycles. The maximum Gasteiger partial charge on any atom is 0.159 e. The average Bonchev–Trinajstić information content (AvgIpc) is 2.78. The van der Waals surface area contributed by atoms with Crippen LogP contribution in [0, 0.1) is 0 Å². The monoisotopic (exact) mass is 400 g/mol. The predicted molar refractivity (Wildman–Crippen MR) is 118 cm³/mol. The summed E-state index contributed by atoms with van der Waals surface area (Å²) in [4.78, 5) is 11.3. The summed E-state index contributed by atoms with van der Waals surface area (Å²) in [5, 5.41) is 25.7. The van der Waals surface area contributed by atoms with Gasteiger partial charge in [0.1, 0.15) is 0 Å². The topological polar surface area (TPSA) is 86.7 Å². The van der Waals surface area contributed by atoms with Crippen molar-refractivity contribution in [2.24, 2.45) is 20.5 Å². The van der Waals surface area contributed by atoms with Crippen LogP contribution in [-0.4, -0.2) is 17.5 Å². The van der Waals surface area contributed by atoms with Crippen LogP contribution in [0.4, 0.5) is 22.7 Å². The number of carbonyl (C=O) groups is 1. The predicted octanol–water partition coefficient (Wildman–Crippen LogP) is 7.04. The second kappa shape index (κ2) is 10.9. The summed E-state index contributed by atoms with van der Waals surface area (Å²) in [6.07, 6.45) is 2.75. The molecule has 6 nitrogen and oxygen atoms in total. The van der Waals surface area contributed by atoms with Gasteiger partial charge in [-0.25, -0.2) is 0 Å². The standard InChI is InChI=1S/C24H24N4O2/c1-18(30)20-7-11-22(12-8-20)26-28-24-15-13-23(14-16-24)27-25-21-9-5-19(6-10-21)4-2-3-17-29/h5-16,29H,2-4,17H2,1H3. The van der Waals surface area contributed by atoms with Crippen molar-refractivity contribution in [2.75, 3.05) is 6.61 Å². The molecule has 0 saturated carbocycles. The number of benzene rings is 3. The van der Waals surface area contributed by atoms with Crippen molar-refractivity contribution < 1.29 is 9.90 Å². The van der Waals surface area contributed by atoms with Crippen molar-refractivity contribution in [3.63, 3.8) is 0 Å². The number of nitrogens with zero attached hydrogens (tertiary/aromatic N) is 4. The smallest absolute Gasteiger partial charge is 0.159 e. The third-order valence-electron chi connectivity index (χ3n) is 4.50. The lowest BCUT2D eigenvalue weighted by atomic mass is 10.1. The summed E-state index contributed by atoms with van der Waals surface area (Å²) < 4.78 is 0. The Bertz CT molecular complexity index is 1010. The molecule has 0 aliphatic heterocycles.